The molecular weight excluding hydrogens is 256 g/mol. The van der Waals surface area contributed by atoms with Gasteiger partial charge in [0.1, 0.15) is 12.4 Å². The third kappa shape index (κ3) is 3.95. The maximum atomic E-state index is 11.2. The molecule has 0 aliphatic heterocycles. The van der Waals surface area contributed by atoms with Crippen molar-refractivity contribution in [1.82, 2.24) is 0 Å². The summed E-state index contributed by atoms with van der Waals surface area (Å²) in [4.78, 5) is 21.7. The number of aliphatic carboxylic acids is 1. The van der Waals surface area contributed by atoms with Gasteiger partial charge in [-0.25, -0.2) is 4.79 Å². The highest BCUT2D eigenvalue weighted by Crippen LogP contribution is 2.15. The Hall–Kier alpha value is -2.62. The van der Waals surface area contributed by atoms with Crippen molar-refractivity contribution in [3.63, 3.8) is 0 Å². The van der Waals surface area contributed by atoms with Crippen molar-refractivity contribution in [2.75, 3.05) is 0 Å². The summed E-state index contributed by atoms with van der Waals surface area (Å²) in [5.41, 5.74) is 1.67. The van der Waals surface area contributed by atoms with E-state index in [-0.39, 0.29) is 6.42 Å². The highest BCUT2D eigenvalue weighted by Gasteiger charge is 2.12. The minimum absolute atomic E-state index is 0.127. The third-order valence-corrected chi connectivity index (χ3v) is 2.75. The number of hydrogen-bond acceptors (Lipinski definition) is 3. The van der Waals surface area contributed by atoms with E-state index in [2.05, 4.69) is 0 Å². The molecule has 4 nitrogen and oxygen atoms in total. The smallest absolute Gasteiger partial charge is 0.372 e. The lowest BCUT2D eigenvalue weighted by atomic mass is 10.1. The zero-order valence-corrected chi connectivity index (χ0v) is 10.8. The first-order chi connectivity index (χ1) is 9.65. The zero-order valence-electron chi connectivity index (χ0n) is 10.8. The number of carboxylic acids is 1. The topological polar surface area (TPSA) is 63.6 Å². The van der Waals surface area contributed by atoms with E-state index < -0.39 is 11.8 Å². The first kappa shape index (κ1) is 13.8. The summed E-state index contributed by atoms with van der Waals surface area (Å²) in [6.45, 7) is 0.428. The van der Waals surface area contributed by atoms with Crippen LogP contribution in [0.4, 0.5) is 0 Å². The molecule has 0 unspecified atom stereocenters. The predicted molar refractivity (Wildman–Crippen MR) is 73.6 cm³/mol. The summed E-state index contributed by atoms with van der Waals surface area (Å²) in [6, 6.07) is 16.6. The van der Waals surface area contributed by atoms with E-state index >= 15 is 0 Å². The predicted octanol–water partition coefficient (Wildman–Crippen LogP) is 2.46. The molecule has 0 aliphatic carbocycles. The SMILES string of the molecule is O=C(O)C(=O)Cc1cccc(OCc2ccccc2)c1. The summed E-state index contributed by atoms with van der Waals surface area (Å²) in [5, 5.41) is 8.58. The van der Waals surface area contributed by atoms with E-state index in [1.807, 2.05) is 30.3 Å². The summed E-state index contributed by atoms with van der Waals surface area (Å²) < 4.78 is 5.62. The molecule has 0 aromatic heterocycles. The number of carbonyl (C=O) groups is 2. The normalized spacial score (nSPS) is 10.0. The molecule has 2 aromatic carbocycles. The van der Waals surface area contributed by atoms with E-state index in [4.69, 9.17) is 9.84 Å². The lowest BCUT2D eigenvalue weighted by molar-refractivity contribution is -0.148. The van der Waals surface area contributed by atoms with Gasteiger partial charge in [0.15, 0.2) is 0 Å². The summed E-state index contributed by atoms with van der Waals surface area (Å²) in [7, 11) is 0. The van der Waals surface area contributed by atoms with Crippen molar-refractivity contribution in [3.05, 3.63) is 65.7 Å². The monoisotopic (exact) mass is 270 g/mol. The van der Waals surface area contributed by atoms with Gasteiger partial charge >= 0.3 is 5.97 Å². The van der Waals surface area contributed by atoms with Crippen LogP contribution in [0.1, 0.15) is 11.1 Å². The van der Waals surface area contributed by atoms with Gasteiger partial charge in [-0.1, -0.05) is 42.5 Å². The Morgan fingerprint density at radius 1 is 0.950 bits per heavy atom. The molecule has 0 aliphatic rings. The van der Waals surface area contributed by atoms with E-state index in [9.17, 15) is 9.59 Å². The molecule has 2 rings (SSSR count). The Labute approximate surface area is 116 Å². The molecule has 2 aromatic rings. The lowest BCUT2D eigenvalue weighted by Crippen LogP contribution is -2.14. The number of ketones is 1. The Balaban J connectivity index is 1.99. The average molecular weight is 270 g/mol. The Morgan fingerprint density at radius 2 is 1.65 bits per heavy atom. The number of ether oxygens (including phenoxy) is 1. The van der Waals surface area contributed by atoms with Crippen LogP contribution in [0.25, 0.3) is 0 Å². The van der Waals surface area contributed by atoms with Crippen LogP contribution in [0, 0.1) is 0 Å². The fourth-order valence-electron chi connectivity index (χ4n) is 1.75. The molecule has 20 heavy (non-hydrogen) atoms. The van der Waals surface area contributed by atoms with Gasteiger partial charge in [-0.05, 0) is 23.3 Å². The van der Waals surface area contributed by atoms with Crippen molar-refractivity contribution < 1.29 is 19.4 Å². The van der Waals surface area contributed by atoms with Crippen LogP contribution >= 0.6 is 0 Å². The van der Waals surface area contributed by atoms with Crippen molar-refractivity contribution in [1.29, 1.82) is 0 Å². The van der Waals surface area contributed by atoms with E-state index in [0.717, 1.165) is 5.56 Å². The first-order valence-corrected chi connectivity index (χ1v) is 6.17. The van der Waals surface area contributed by atoms with Crippen LogP contribution in [-0.4, -0.2) is 16.9 Å². The number of benzene rings is 2. The first-order valence-electron chi connectivity index (χ1n) is 6.17. The molecule has 0 heterocycles. The van der Waals surface area contributed by atoms with Crippen LogP contribution < -0.4 is 4.74 Å². The second kappa shape index (κ2) is 6.52. The third-order valence-electron chi connectivity index (χ3n) is 2.75. The van der Waals surface area contributed by atoms with Gasteiger partial charge in [0.2, 0.25) is 5.78 Å². The van der Waals surface area contributed by atoms with Crippen molar-refractivity contribution >= 4 is 11.8 Å². The van der Waals surface area contributed by atoms with Crippen LogP contribution in [0.3, 0.4) is 0 Å². The van der Waals surface area contributed by atoms with Gasteiger partial charge in [-0.3, -0.25) is 4.79 Å². The van der Waals surface area contributed by atoms with E-state index in [1.54, 1.807) is 24.3 Å². The average Bonchev–Trinajstić information content (AvgIpc) is 2.46. The molecule has 0 radical (unpaired) electrons. The Bertz CT molecular complexity index is 605. The molecule has 0 amide bonds. The Kier molecular flexibility index (Phi) is 4.50. The second-order valence-electron chi connectivity index (χ2n) is 4.33. The molecule has 4 heteroatoms. The summed E-state index contributed by atoms with van der Waals surface area (Å²) in [6.07, 6.45) is -0.127. The van der Waals surface area contributed by atoms with Crippen molar-refractivity contribution in [2.45, 2.75) is 13.0 Å². The molecule has 0 saturated carbocycles. The molecule has 0 bridgehead atoms. The Morgan fingerprint density at radius 3 is 2.35 bits per heavy atom. The van der Waals surface area contributed by atoms with Gasteiger partial charge in [0.25, 0.3) is 0 Å². The second-order valence-corrected chi connectivity index (χ2v) is 4.33. The number of carboxylic acid groups (broad SMARTS) is 1. The molecular formula is C16H14O4. The standard InChI is InChI=1S/C16H14O4/c17-15(16(18)19)10-13-7-4-8-14(9-13)20-11-12-5-2-1-3-6-12/h1-9H,10-11H2,(H,18,19). The molecule has 0 saturated heterocycles. The molecule has 0 fully saturated rings. The van der Waals surface area contributed by atoms with Crippen LogP contribution in [0.15, 0.2) is 54.6 Å². The van der Waals surface area contributed by atoms with E-state index in [1.165, 1.54) is 0 Å². The van der Waals surface area contributed by atoms with Gasteiger partial charge in [-0.2, -0.15) is 0 Å². The largest absolute Gasteiger partial charge is 0.489 e. The number of rotatable bonds is 6. The fourth-order valence-corrected chi connectivity index (χ4v) is 1.75. The molecule has 0 spiro atoms. The minimum atomic E-state index is -1.42. The van der Waals surface area contributed by atoms with Gasteiger partial charge in [-0.15, -0.1) is 0 Å². The molecule has 102 valence electrons. The van der Waals surface area contributed by atoms with Crippen molar-refractivity contribution in [2.24, 2.45) is 0 Å². The summed E-state index contributed by atoms with van der Waals surface area (Å²) >= 11 is 0. The minimum Gasteiger partial charge on any atom is -0.489 e. The zero-order chi connectivity index (χ0) is 14.4. The maximum absolute atomic E-state index is 11.2. The highest BCUT2D eigenvalue weighted by atomic mass is 16.5. The van der Waals surface area contributed by atoms with Crippen LogP contribution in [0.2, 0.25) is 0 Å². The fraction of sp³-hybridized carbons (Fsp3) is 0.125. The molecule has 0 atom stereocenters. The van der Waals surface area contributed by atoms with Crippen LogP contribution in [-0.2, 0) is 22.6 Å². The number of Topliss-reactive ketones (excluding diaryl/α,β-unsaturated/α-hetero) is 1. The van der Waals surface area contributed by atoms with Gasteiger partial charge < -0.3 is 9.84 Å². The number of hydrogen-bond donors (Lipinski definition) is 1. The highest BCUT2D eigenvalue weighted by molar-refractivity contribution is 6.33. The maximum Gasteiger partial charge on any atom is 0.372 e. The summed E-state index contributed by atoms with van der Waals surface area (Å²) in [5.74, 6) is -1.63. The van der Waals surface area contributed by atoms with Gasteiger partial charge in [0.05, 0.1) is 0 Å². The van der Waals surface area contributed by atoms with Crippen LogP contribution in [0.5, 0.6) is 5.75 Å². The molecule has 1 N–H and O–H groups in total. The quantitative estimate of drug-likeness (QED) is 0.819. The van der Waals surface area contributed by atoms with Crippen molar-refractivity contribution in [3.8, 4) is 5.75 Å². The van der Waals surface area contributed by atoms with E-state index in [0.29, 0.717) is 17.9 Å². The lowest BCUT2D eigenvalue weighted by Gasteiger charge is -2.07. The van der Waals surface area contributed by atoms with Gasteiger partial charge in [0, 0.05) is 6.42 Å². The number of carbonyl (C=O) groups excluding carboxylic acids is 1.